The van der Waals surface area contributed by atoms with Crippen molar-refractivity contribution in [2.75, 3.05) is 0 Å². The third-order valence-corrected chi connectivity index (χ3v) is 5.22. The van der Waals surface area contributed by atoms with Gasteiger partial charge in [0, 0.05) is 23.2 Å². The zero-order chi connectivity index (χ0) is 18.1. The number of halogens is 1. The Morgan fingerprint density at radius 2 is 1.96 bits per heavy atom. The van der Waals surface area contributed by atoms with Gasteiger partial charge in [0.05, 0.1) is 0 Å². The van der Waals surface area contributed by atoms with Crippen molar-refractivity contribution in [1.82, 2.24) is 14.5 Å². The number of fused-ring (bicyclic) bond motifs is 3. The Kier molecular flexibility index (Phi) is 4.34. The lowest BCUT2D eigenvalue weighted by atomic mass is 10.2. The fraction of sp³-hybridized carbons (Fsp3) is 0.100. The van der Waals surface area contributed by atoms with Gasteiger partial charge >= 0.3 is 0 Å². The number of H-pyrrole nitrogens is 1. The van der Waals surface area contributed by atoms with Crippen LogP contribution in [0.15, 0.2) is 71.1 Å². The molecule has 4 nitrogen and oxygen atoms in total. The first kappa shape index (κ1) is 16.6. The number of rotatable bonds is 5. The highest BCUT2D eigenvalue weighted by atomic mass is 32.2. The lowest BCUT2D eigenvalue weighted by molar-refractivity contribution is 0.627. The maximum atomic E-state index is 13.1. The summed E-state index contributed by atoms with van der Waals surface area (Å²) in [5, 5.41) is 1.55. The molecule has 26 heavy (non-hydrogen) atoms. The van der Waals surface area contributed by atoms with Crippen molar-refractivity contribution >= 4 is 33.7 Å². The number of benzene rings is 2. The molecule has 4 rings (SSSR count). The summed E-state index contributed by atoms with van der Waals surface area (Å²) in [6.45, 7) is 4.12. The van der Waals surface area contributed by atoms with Crippen molar-refractivity contribution in [3.8, 4) is 0 Å². The predicted octanol–water partition coefficient (Wildman–Crippen LogP) is 4.50. The number of hydrogen-bond donors (Lipinski definition) is 1. The molecule has 0 spiro atoms. The van der Waals surface area contributed by atoms with Crippen molar-refractivity contribution < 1.29 is 4.39 Å². The summed E-state index contributed by atoms with van der Waals surface area (Å²) < 4.78 is 14.7. The van der Waals surface area contributed by atoms with Crippen LogP contribution in [0, 0.1) is 5.82 Å². The van der Waals surface area contributed by atoms with Crippen LogP contribution in [0.1, 0.15) is 5.56 Å². The first-order valence-electron chi connectivity index (χ1n) is 8.17. The lowest BCUT2D eigenvalue weighted by Gasteiger charge is -2.10. The number of nitrogens with zero attached hydrogens (tertiary/aromatic N) is 2. The van der Waals surface area contributed by atoms with Gasteiger partial charge in [0.1, 0.15) is 16.9 Å². The molecule has 0 fully saturated rings. The predicted molar refractivity (Wildman–Crippen MR) is 104 cm³/mol. The fourth-order valence-corrected chi connectivity index (χ4v) is 3.86. The van der Waals surface area contributed by atoms with Crippen LogP contribution in [0.4, 0.5) is 4.39 Å². The minimum atomic E-state index is -0.263. The van der Waals surface area contributed by atoms with Crippen LogP contribution in [0.3, 0.4) is 0 Å². The van der Waals surface area contributed by atoms with Gasteiger partial charge in [-0.2, -0.15) is 0 Å². The molecule has 2 heterocycles. The number of allylic oxidation sites excluding steroid dienone is 1. The van der Waals surface area contributed by atoms with E-state index in [4.69, 9.17) is 4.98 Å². The van der Waals surface area contributed by atoms with Gasteiger partial charge in [0.2, 0.25) is 0 Å². The first-order chi connectivity index (χ1) is 12.7. The van der Waals surface area contributed by atoms with Crippen LogP contribution in [-0.2, 0) is 12.3 Å². The summed E-state index contributed by atoms with van der Waals surface area (Å²) in [5.41, 5.74) is 2.91. The van der Waals surface area contributed by atoms with Crippen LogP contribution in [0.2, 0.25) is 0 Å². The van der Waals surface area contributed by atoms with Gasteiger partial charge < -0.3 is 4.98 Å². The third-order valence-electron chi connectivity index (χ3n) is 4.17. The maximum absolute atomic E-state index is 13.1. The molecule has 0 saturated carbocycles. The molecule has 0 unspecified atom stereocenters. The normalized spacial score (nSPS) is 11.3. The van der Waals surface area contributed by atoms with E-state index in [1.807, 2.05) is 24.3 Å². The number of aromatic amines is 1. The van der Waals surface area contributed by atoms with Gasteiger partial charge in [-0.25, -0.2) is 9.37 Å². The first-order valence-corrected chi connectivity index (χ1v) is 9.15. The Hall–Kier alpha value is -2.86. The molecular weight excluding hydrogens is 349 g/mol. The van der Waals surface area contributed by atoms with Crippen molar-refractivity contribution in [2.45, 2.75) is 17.5 Å². The minimum absolute atomic E-state index is 0.118. The van der Waals surface area contributed by atoms with Gasteiger partial charge in [-0.3, -0.25) is 9.36 Å². The van der Waals surface area contributed by atoms with E-state index in [-0.39, 0.29) is 11.4 Å². The van der Waals surface area contributed by atoms with E-state index in [9.17, 15) is 9.18 Å². The monoisotopic (exact) mass is 365 g/mol. The van der Waals surface area contributed by atoms with Gasteiger partial charge in [0.25, 0.3) is 5.56 Å². The molecule has 2 aromatic carbocycles. The van der Waals surface area contributed by atoms with Crippen LogP contribution in [-0.4, -0.2) is 14.5 Å². The van der Waals surface area contributed by atoms with Crippen LogP contribution >= 0.6 is 11.8 Å². The van der Waals surface area contributed by atoms with E-state index >= 15 is 0 Å². The summed E-state index contributed by atoms with van der Waals surface area (Å²) in [4.78, 5) is 20.9. The van der Waals surface area contributed by atoms with Crippen molar-refractivity contribution in [3.05, 3.63) is 82.9 Å². The van der Waals surface area contributed by atoms with Crippen LogP contribution in [0.5, 0.6) is 0 Å². The number of thioether (sulfide) groups is 1. The smallest absolute Gasteiger partial charge is 0.278 e. The standard InChI is InChI=1S/C20H16FN3OS/c1-2-11-24-19(25)18-17(15-5-3-4-6-16(15)22-18)23-20(24)26-12-13-7-9-14(21)10-8-13/h2-10,22H,1,11-12H2. The number of nitrogens with one attached hydrogen (secondary N) is 1. The topological polar surface area (TPSA) is 50.7 Å². The summed E-state index contributed by atoms with van der Waals surface area (Å²) in [6, 6.07) is 14.1. The molecule has 0 saturated heterocycles. The Morgan fingerprint density at radius 3 is 2.73 bits per heavy atom. The molecule has 130 valence electrons. The Balaban J connectivity index is 1.82. The number of aromatic nitrogens is 3. The molecule has 0 amide bonds. The van der Waals surface area contributed by atoms with Gasteiger partial charge in [-0.05, 0) is 23.8 Å². The molecule has 4 aromatic rings. The maximum Gasteiger partial charge on any atom is 0.278 e. The fourth-order valence-electron chi connectivity index (χ4n) is 2.90. The quantitative estimate of drug-likeness (QED) is 0.322. The summed E-state index contributed by atoms with van der Waals surface area (Å²) >= 11 is 1.45. The zero-order valence-electron chi connectivity index (χ0n) is 13.9. The third kappa shape index (κ3) is 2.93. The summed E-state index contributed by atoms with van der Waals surface area (Å²) in [7, 11) is 0. The average Bonchev–Trinajstić information content (AvgIpc) is 3.03. The molecule has 0 bridgehead atoms. The van der Waals surface area contributed by atoms with Gasteiger partial charge in [-0.15, -0.1) is 6.58 Å². The molecule has 0 aliphatic heterocycles. The van der Waals surface area contributed by atoms with Crippen molar-refractivity contribution in [3.63, 3.8) is 0 Å². The molecular formula is C20H16FN3OS. The highest BCUT2D eigenvalue weighted by Gasteiger charge is 2.15. The van der Waals surface area contributed by atoms with E-state index in [1.54, 1.807) is 22.8 Å². The Labute approximate surface area is 153 Å². The second kappa shape index (κ2) is 6.80. The van der Waals surface area contributed by atoms with Crippen LogP contribution in [0.25, 0.3) is 21.9 Å². The summed E-state index contributed by atoms with van der Waals surface area (Å²) in [6.07, 6.45) is 1.68. The lowest BCUT2D eigenvalue weighted by Crippen LogP contribution is -2.22. The van der Waals surface area contributed by atoms with Gasteiger partial charge in [-0.1, -0.05) is 48.2 Å². The Bertz CT molecular complexity index is 1160. The van der Waals surface area contributed by atoms with Crippen molar-refractivity contribution in [1.29, 1.82) is 0 Å². The Morgan fingerprint density at radius 1 is 1.19 bits per heavy atom. The van der Waals surface area contributed by atoms with Crippen LogP contribution < -0.4 is 5.56 Å². The molecule has 2 aromatic heterocycles. The highest BCUT2D eigenvalue weighted by molar-refractivity contribution is 7.98. The minimum Gasteiger partial charge on any atom is -0.349 e. The molecule has 6 heteroatoms. The molecule has 0 aliphatic carbocycles. The number of para-hydroxylation sites is 1. The molecule has 1 N–H and O–H groups in total. The van der Waals surface area contributed by atoms with E-state index in [0.717, 1.165) is 16.5 Å². The van der Waals surface area contributed by atoms with Crippen molar-refractivity contribution in [2.24, 2.45) is 0 Å². The van der Waals surface area contributed by atoms with E-state index < -0.39 is 0 Å². The second-order valence-electron chi connectivity index (χ2n) is 5.91. The molecule has 0 atom stereocenters. The summed E-state index contributed by atoms with van der Waals surface area (Å²) in [5.74, 6) is 0.332. The van der Waals surface area contributed by atoms with E-state index in [2.05, 4.69) is 11.6 Å². The number of hydrogen-bond acceptors (Lipinski definition) is 3. The molecule has 0 aliphatic rings. The van der Waals surface area contributed by atoms with E-state index in [0.29, 0.717) is 28.5 Å². The SMILES string of the molecule is C=CCn1c(SCc2ccc(F)cc2)nc2c([nH]c3ccccc32)c1=O. The zero-order valence-corrected chi connectivity index (χ0v) is 14.7. The average molecular weight is 365 g/mol. The largest absolute Gasteiger partial charge is 0.349 e. The second-order valence-corrected chi connectivity index (χ2v) is 6.85. The van der Waals surface area contributed by atoms with Gasteiger partial charge in [0.15, 0.2) is 5.16 Å². The van der Waals surface area contributed by atoms with E-state index in [1.165, 1.54) is 23.9 Å². The molecule has 0 radical (unpaired) electrons. The highest BCUT2D eigenvalue weighted by Crippen LogP contribution is 2.26.